The molecule has 3 aliphatic rings. The van der Waals surface area contributed by atoms with Gasteiger partial charge in [-0.05, 0) is 51.2 Å². The molecule has 1 saturated carbocycles. The molecule has 1 aromatic rings. The fraction of sp³-hybridized carbons (Fsp3) is 0.550. The van der Waals surface area contributed by atoms with Gasteiger partial charge in [0.2, 0.25) is 0 Å². The molecule has 1 aromatic carbocycles. The lowest BCUT2D eigenvalue weighted by molar-refractivity contribution is 0.246. The number of ether oxygens (including phenoxy) is 2. The number of nitrogens with zero attached hydrogens (tertiary/aromatic N) is 1. The van der Waals surface area contributed by atoms with Crippen LogP contribution in [0.3, 0.4) is 0 Å². The number of allylic oxidation sites excluding steroid dienone is 1. The summed E-state index contributed by atoms with van der Waals surface area (Å²) in [4.78, 5) is 4.96. The zero-order valence-electron chi connectivity index (χ0n) is 14.5. The Hall–Kier alpha value is -1.77. The average Bonchev–Trinajstić information content (AvgIpc) is 3.15. The molecule has 0 radical (unpaired) electrons. The largest absolute Gasteiger partial charge is 0.496 e. The first-order chi connectivity index (χ1) is 11.0. The normalized spacial score (nSPS) is 31.3. The Kier molecular flexibility index (Phi) is 3.13. The summed E-state index contributed by atoms with van der Waals surface area (Å²) in [5.41, 5.74) is 3.64. The van der Waals surface area contributed by atoms with Gasteiger partial charge in [0.15, 0.2) is 5.90 Å². The lowest BCUT2D eigenvalue weighted by Crippen LogP contribution is -2.43. The second-order valence-electron chi connectivity index (χ2n) is 7.77. The van der Waals surface area contributed by atoms with Crippen LogP contribution in [0.25, 0.3) is 5.76 Å². The Morgan fingerprint density at radius 2 is 2.00 bits per heavy atom. The molecule has 0 aromatic heterocycles. The van der Waals surface area contributed by atoms with Gasteiger partial charge in [0.1, 0.15) is 12.4 Å². The van der Waals surface area contributed by atoms with Crippen LogP contribution in [0.5, 0.6) is 0 Å². The van der Waals surface area contributed by atoms with Gasteiger partial charge in [0.05, 0.1) is 18.1 Å². The minimum atomic E-state index is -0.182. The topological polar surface area (TPSA) is 30.8 Å². The quantitative estimate of drug-likeness (QED) is 0.814. The van der Waals surface area contributed by atoms with Crippen LogP contribution in [0.15, 0.2) is 34.8 Å². The molecule has 1 heterocycles. The van der Waals surface area contributed by atoms with Crippen molar-refractivity contribution in [3.63, 3.8) is 0 Å². The number of fused-ring (bicyclic) bond motifs is 2. The van der Waals surface area contributed by atoms with Gasteiger partial charge in [0, 0.05) is 11.5 Å². The van der Waals surface area contributed by atoms with E-state index in [0.29, 0.717) is 12.5 Å². The summed E-state index contributed by atoms with van der Waals surface area (Å²) in [5.74, 6) is 2.42. The van der Waals surface area contributed by atoms with Crippen molar-refractivity contribution in [3.8, 4) is 0 Å². The first kappa shape index (κ1) is 14.8. The smallest absolute Gasteiger partial charge is 0.195 e. The van der Waals surface area contributed by atoms with Crippen molar-refractivity contribution in [2.75, 3.05) is 13.7 Å². The minimum Gasteiger partial charge on any atom is -0.496 e. The number of benzene rings is 1. The molecular weight excluding hydrogens is 286 g/mol. The Balaban J connectivity index is 1.96. The van der Waals surface area contributed by atoms with E-state index in [1.165, 1.54) is 29.5 Å². The molecule has 0 N–H and O–H groups in total. The molecular formula is C20H25NO2. The van der Waals surface area contributed by atoms with Crippen LogP contribution in [-0.4, -0.2) is 25.2 Å². The maximum Gasteiger partial charge on any atom is 0.195 e. The molecule has 1 fully saturated rings. The van der Waals surface area contributed by atoms with Crippen molar-refractivity contribution in [3.05, 3.63) is 41.0 Å². The van der Waals surface area contributed by atoms with Crippen LogP contribution >= 0.6 is 0 Å². The number of aliphatic imine (C=N–C) groups is 1. The maximum atomic E-state index is 6.13. The van der Waals surface area contributed by atoms with Gasteiger partial charge < -0.3 is 9.47 Å². The first-order valence-electron chi connectivity index (χ1n) is 8.57. The van der Waals surface area contributed by atoms with Crippen LogP contribution < -0.4 is 0 Å². The number of rotatable bonds is 2. The van der Waals surface area contributed by atoms with Gasteiger partial charge in [0.25, 0.3) is 0 Å². The van der Waals surface area contributed by atoms with E-state index in [2.05, 4.69) is 45.0 Å². The fourth-order valence-corrected chi connectivity index (χ4v) is 4.60. The summed E-state index contributed by atoms with van der Waals surface area (Å²) in [6.07, 6.45) is 3.51. The van der Waals surface area contributed by atoms with E-state index in [0.717, 1.165) is 18.1 Å². The third-order valence-electron chi connectivity index (χ3n) is 5.69. The first-order valence-corrected chi connectivity index (χ1v) is 8.57. The fourth-order valence-electron chi connectivity index (χ4n) is 4.60. The van der Waals surface area contributed by atoms with E-state index >= 15 is 0 Å². The van der Waals surface area contributed by atoms with Crippen LogP contribution in [0.1, 0.15) is 51.2 Å². The second kappa shape index (κ2) is 4.86. The van der Waals surface area contributed by atoms with Crippen LogP contribution in [0.2, 0.25) is 0 Å². The third kappa shape index (κ3) is 1.98. The van der Waals surface area contributed by atoms with Crippen molar-refractivity contribution in [1.82, 2.24) is 0 Å². The van der Waals surface area contributed by atoms with Crippen molar-refractivity contribution in [2.24, 2.45) is 10.9 Å². The average molecular weight is 311 g/mol. The summed E-state index contributed by atoms with van der Waals surface area (Å²) in [5, 5.41) is 0. The Morgan fingerprint density at radius 3 is 2.70 bits per heavy atom. The zero-order chi connectivity index (χ0) is 16.2. The molecule has 1 aliphatic heterocycles. The standard InChI is InChI=1S/C20H25NO2/c1-19(2)12-23-18(21-19)20(3)15-10-6-5-8-13(15)17(22-4)14-9-7-11-16(14)20/h5-6,8,10,16H,7,9,11-12H2,1-4H3/t16-,20-/m0/s1. The monoisotopic (exact) mass is 311 g/mol. The minimum absolute atomic E-state index is 0.128. The molecule has 2 atom stereocenters. The Morgan fingerprint density at radius 1 is 1.22 bits per heavy atom. The van der Waals surface area contributed by atoms with Gasteiger partial charge in [-0.15, -0.1) is 0 Å². The van der Waals surface area contributed by atoms with Crippen molar-refractivity contribution in [1.29, 1.82) is 0 Å². The highest BCUT2D eigenvalue weighted by atomic mass is 16.5. The van der Waals surface area contributed by atoms with Gasteiger partial charge in [-0.2, -0.15) is 0 Å². The molecule has 0 spiro atoms. The van der Waals surface area contributed by atoms with E-state index in [1.807, 2.05) is 0 Å². The molecule has 0 saturated heterocycles. The molecule has 4 rings (SSSR count). The third-order valence-corrected chi connectivity index (χ3v) is 5.69. The second-order valence-corrected chi connectivity index (χ2v) is 7.77. The highest BCUT2D eigenvalue weighted by molar-refractivity contribution is 5.94. The van der Waals surface area contributed by atoms with Gasteiger partial charge in [-0.25, -0.2) is 4.99 Å². The number of hydrogen-bond donors (Lipinski definition) is 0. The Bertz CT molecular complexity index is 716. The molecule has 2 aliphatic carbocycles. The number of methoxy groups -OCH3 is 1. The van der Waals surface area contributed by atoms with Crippen molar-refractivity contribution >= 4 is 11.7 Å². The van der Waals surface area contributed by atoms with E-state index in [1.54, 1.807) is 7.11 Å². The molecule has 3 nitrogen and oxygen atoms in total. The van der Waals surface area contributed by atoms with Gasteiger partial charge in [-0.3, -0.25) is 0 Å². The SMILES string of the molecule is COC1=C2CCC[C@@H]2[C@@](C)(C2=NC(C)(C)CO2)c2ccccc21. The summed E-state index contributed by atoms with van der Waals surface area (Å²) in [6.45, 7) is 7.27. The highest BCUT2D eigenvalue weighted by Gasteiger charge is 2.52. The van der Waals surface area contributed by atoms with E-state index in [9.17, 15) is 0 Å². The predicted molar refractivity (Wildman–Crippen MR) is 92.5 cm³/mol. The highest BCUT2D eigenvalue weighted by Crippen LogP contribution is 2.54. The van der Waals surface area contributed by atoms with Crippen molar-refractivity contribution < 1.29 is 9.47 Å². The number of hydrogen-bond acceptors (Lipinski definition) is 3. The summed E-state index contributed by atoms with van der Waals surface area (Å²) < 4.78 is 12.0. The predicted octanol–water partition coefficient (Wildman–Crippen LogP) is 4.32. The van der Waals surface area contributed by atoms with Crippen LogP contribution in [0.4, 0.5) is 0 Å². The molecule has 3 heteroatoms. The van der Waals surface area contributed by atoms with Gasteiger partial charge >= 0.3 is 0 Å². The van der Waals surface area contributed by atoms with Crippen molar-refractivity contribution in [2.45, 2.75) is 51.0 Å². The lowest BCUT2D eigenvalue weighted by atomic mass is 9.64. The Labute approximate surface area is 138 Å². The summed E-state index contributed by atoms with van der Waals surface area (Å²) >= 11 is 0. The van der Waals surface area contributed by atoms with E-state index in [-0.39, 0.29) is 11.0 Å². The molecule has 122 valence electrons. The maximum absolute atomic E-state index is 6.13. The molecule has 0 amide bonds. The zero-order valence-corrected chi connectivity index (χ0v) is 14.5. The molecule has 0 bridgehead atoms. The van der Waals surface area contributed by atoms with Crippen LogP contribution in [0, 0.1) is 5.92 Å². The van der Waals surface area contributed by atoms with E-state index in [4.69, 9.17) is 14.5 Å². The summed E-state index contributed by atoms with van der Waals surface area (Å²) in [7, 11) is 1.80. The molecule has 0 unspecified atom stereocenters. The summed E-state index contributed by atoms with van der Waals surface area (Å²) in [6, 6.07) is 8.61. The molecule has 23 heavy (non-hydrogen) atoms. The lowest BCUT2D eigenvalue weighted by Gasteiger charge is -2.41. The van der Waals surface area contributed by atoms with E-state index < -0.39 is 0 Å². The van der Waals surface area contributed by atoms with Gasteiger partial charge in [-0.1, -0.05) is 24.3 Å². The van der Waals surface area contributed by atoms with Crippen LogP contribution in [-0.2, 0) is 14.9 Å².